The number of nitrogens with zero attached hydrogens (tertiary/aromatic N) is 1. The van der Waals surface area contributed by atoms with Crippen molar-refractivity contribution in [2.75, 3.05) is 33.9 Å². The Bertz CT molecular complexity index is 116. The summed E-state index contributed by atoms with van der Waals surface area (Å²) in [6, 6.07) is 0. The third-order valence-corrected chi connectivity index (χ3v) is 4.58. The third-order valence-electron chi connectivity index (χ3n) is 1.53. The first-order valence-corrected chi connectivity index (χ1v) is 6.39. The molecule has 0 saturated carbocycles. The predicted molar refractivity (Wildman–Crippen MR) is 54.3 cm³/mol. The molecule has 80 valence electrons. The van der Waals surface area contributed by atoms with Crippen molar-refractivity contribution in [2.45, 2.75) is 20.8 Å². The van der Waals surface area contributed by atoms with Gasteiger partial charge in [-0.3, -0.25) is 4.57 Å². The average Bonchev–Trinajstić information content (AvgIpc) is 2.05. The number of hydrogen-bond donors (Lipinski definition) is 0. The van der Waals surface area contributed by atoms with Crippen LogP contribution in [0.3, 0.4) is 0 Å². The van der Waals surface area contributed by atoms with Crippen LogP contribution in [-0.4, -0.2) is 47.4 Å². The molecule has 0 fully saturated rings. The molecular formula is C8H21NO3Si. The summed E-state index contributed by atoms with van der Waals surface area (Å²) in [6.07, 6.45) is 0. The minimum Gasteiger partial charge on any atom is -0.361 e. The molecule has 0 rings (SSSR count). The molecule has 4 nitrogen and oxygen atoms in total. The Hall–Kier alpha value is 0.0569. The standard InChI is InChI=1S/C8H21NO3Si/c1-6-10-13(9(4)5,11-7-2)12-8-3/h6-8H2,1-5H3. The quantitative estimate of drug-likeness (QED) is 0.585. The fourth-order valence-corrected chi connectivity index (χ4v) is 3.18. The molecule has 0 aromatic heterocycles. The van der Waals surface area contributed by atoms with E-state index in [0.717, 1.165) is 0 Å². The molecule has 0 aromatic rings. The van der Waals surface area contributed by atoms with E-state index in [9.17, 15) is 0 Å². The second-order valence-corrected chi connectivity index (χ2v) is 5.53. The fourth-order valence-electron chi connectivity index (χ4n) is 1.06. The first kappa shape index (κ1) is 13.1. The van der Waals surface area contributed by atoms with E-state index in [1.54, 1.807) is 0 Å². The van der Waals surface area contributed by atoms with E-state index < -0.39 is 8.97 Å². The van der Waals surface area contributed by atoms with E-state index in [1.807, 2.05) is 39.4 Å². The number of hydrogen-bond acceptors (Lipinski definition) is 4. The van der Waals surface area contributed by atoms with E-state index in [-0.39, 0.29) is 0 Å². The summed E-state index contributed by atoms with van der Waals surface area (Å²) < 4.78 is 18.7. The summed E-state index contributed by atoms with van der Waals surface area (Å²) in [5.74, 6) is 0. The van der Waals surface area contributed by atoms with Gasteiger partial charge in [0.15, 0.2) is 0 Å². The first-order valence-electron chi connectivity index (χ1n) is 4.72. The third kappa shape index (κ3) is 3.74. The zero-order valence-electron chi connectivity index (χ0n) is 9.29. The van der Waals surface area contributed by atoms with Gasteiger partial charge in [-0.2, -0.15) is 0 Å². The molecule has 0 radical (unpaired) electrons. The lowest BCUT2D eigenvalue weighted by atomic mass is 10.9. The van der Waals surface area contributed by atoms with E-state index in [4.69, 9.17) is 13.3 Å². The Morgan fingerprint density at radius 3 is 1.31 bits per heavy atom. The second kappa shape index (κ2) is 6.50. The minimum atomic E-state index is -2.54. The van der Waals surface area contributed by atoms with Crippen molar-refractivity contribution in [1.82, 2.24) is 4.57 Å². The monoisotopic (exact) mass is 207 g/mol. The summed E-state index contributed by atoms with van der Waals surface area (Å²) in [5, 5.41) is 0. The van der Waals surface area contributed by atoms with Gasteiger partial charge in [-0.1, -0.05) is 0 Å². The van der Waals surface area contributed by atoms with Crippen molar-refractivity contribution < 1.29 is 13.3 Å². The van der Waals surface area contributed by atoms with Crippen molar-refractivity contribution in [3.8, 4) is 0 Å². The lowest BCUT2D eigenvalue weighted by Gasteiger charge is -2.32. The van der Waals surface area contributed by atoms with Crippen LogP contribution in [0, 0.1) is 0 Å². The smallest absolute Gasteiger partial charge is 0.361 e. The maximum absolute atomic E-state index is 5.59. The van der Waals surface area contributed by atoms with Crippen LogP contribution in [0.1, 0.15) is 20.8 Å². The zero-order valence-corrected chi connectivity index (χ0v) is 10.3. The first-order chi connectivity index (χ1) is 6.13. The summed E-state index contributed by atoms with van der Waals surface area (Å²) in [6.45, 7) is 7.69. The van der Waals surface area contributed by atoms with Gasteiger partial charge in [-0.15, -0.1) is 0 Å². The maximum atomic E-state index is 5.59. The highest BCUT2D eigenvalue weighted by Gasteiger charge is 2.44. The molecule has 5 heteroatoms. The van der Waals surface area contributed by atoms with Gasteiger partial charge in [0.05, 0.1) is 0 Å². The van der Waals surface area contributed by atoms with Crippen molar-refractivity contribution in [3.63, 3.8) is 0 Å². The SMILES string of the molecule is CCO[Si](OCC)(OCC)N(C)C. The zero-order chi connectivity index (χ0) is 10.3. The lowest BCUT2D eigenvalue weighted by molar-refractivity contribution is 0.0300. The fraction of sp³-hybridized carbons (Fsp3) is 1.00. The molecule has 0 unspecified atom stereocenters. The lowest BCUT2D eigenvalue weighted by Crippen LogP contribution is -2.58. The van der Waals surface area contributed by atoms with Gasteiger partial charge in [0.1, 0.15) is 0 Å². The summed E-state index contributed by atoms with van der Waals surface area (Å²) >= 11 is 0. The summed E-state index contributed by atoms with van der Waals surface area (Å²) in [4.78, 5) is 0. The van der Waals surface area contributed by atoms with Crippen LogP contribution in [-0.2, 0) is 13.3 Å². The Labute approximate surface area is 82.2 Å². The Kier molecular flexibility index (Phi) is 6.53. The van der Waals surface area contributed by atoms with Gasteiger partial charge in [0.2, 0.25) is 0 Å². The van der Waals surface area contributed by atoms with Crippen molar-refractivity contribution in [1.29, 1.82) is 0 Å². The molecule has 0 aromatic carbocycles. The van der Waals surface area contributed by atoms with E-state index >= 15 is 0 Å². The van der Waals surface area contributed by atoms with Crippen LogP contribution in [0.15, 0.2) is 0 Å². The van der Waals surface area contributed by atoms with Crippen LogP contribution in [0.25, 0.3) is 0 Å². The second-order valence-electron chi connectivity index (χ2n) is 2.72. The molecule has 13 heavy (non-hydrogen) atoms. The van der Waals surface area contributed by atoms with Gasteiger partial charge in [-0.05, 0) is 34.9 Å². The van der Waals surface area contributed by atoms with Gasteiger partial charge in [0.25, 0.3) is 0 Å². The van der Waals surface area contributed by atoms with Gasteiger partial charge in [0, 0.05) is 19.8 Å². The van der Waals surface area contributed by atoms with E-state index in [0.29, 0.717) is 19.8 Å². The van der Waals surface area contributed by atoms with Crippen LogP contribution in [0.4, 0.5) is 0 Å². The highest BCUT2D eigenvalue weighted by molar-refractivity contribution is 6.57. The summed E-state index contributed by atoms with van der Waals surface area (Å²) in [7, 11) is 1.31. The van der Waals surface area contributed by atoms with Crippen LogP contribution in [0.5, 0.6) is 0 Å². The molecule has 0 atom stereocenters. The molecule has 0 spiro atoms. The van der Waals surface area contributed by atoms with Gasteiger partial charge in [-0.25, -0.2) is 0 Å². The van der Waals surface area contributed by atoms with Crippen molar-refractivity contribution in [3.05, 3.63) is 0 Å². The topological polar surface area (TPSA) is 30.9 Å². The average molecular weight is 207 g/mol. The molecule has 0 aliphatic carbocycles. The molecule has 0 aliphatic rings. The molecular weight excluding hydrogens is 186 g/mol. The molecule has 0 aliphatic heterocycles. The minimum absolute atomic E-state index is 0.615. The predicted octanol–water partition coefficient (Wildman–Crippen LogP) is 1.09. The van der Waals surface area contributed by atoms with Crippen molar-refractivity contribution >= 4 is 8.97 Å². The molecule has 0 heterocycles. The van der Waals surface area contributed by atoms with Crippen molar-refractivity contribution in [2.24, 2.45) is 0 Å². The largest absolute Gasteiger partial charge is 0.599 e. The van der Waals surface area contributed by atoms with Crippen LogP contribution < -0.4 is 0 Å². The highest BCUT2D eigenvalue weighted by Crippen LogP contribution is 2.12. The van der Waals surface area contributed by atoms with E-state index in [1.165, 1.54) is 0 Å². The highest BCUT2D eigenvalue weighted by atomic mass is 28.4. The molecule has 0 bridgehead atoms. The van der Waals surface area contributed by atoms with Crippen LogP contribution >= 0.6 is 0 Å². The molecule has 0 saturated heterocycles. The maximum Gasteiger partial charge on any atom is 0.599 e. The Morgan fingerprint density at radius 2 is 1.15 bits per heavy atom. The Balaban J connectivity index is 4.38. The van der Waals surface area contributed by atoms with Gasteiger partial charge >= 0.3 is 8.97 Å². The molecule has 0 amide bonds. The van der Waals surface area contributed by atoms with Crippen LogP contribution in [0.2, 0.25) is 0 Å². The molecule has 0 N–H and O–H groups in total. The number of rotatable bonds is 7. The Morgan fingerprint density at radius 1 is 0.846 bits per heavy atom. The van der Waals surface area contributed by atoms with Gasteiger partial charge < -0.3 is 13.3 Å². The summed E-state index contributed by atoms with van der Waals surface area (Å²) in [5.41, 5.74) is 0. The normalized spacial score (nSPS) is 12.5. The van der Waals surface area contributed by atoms with E-state index in [2.05, 4.69) is 0 Å².